The average molecular weight is 292 g/mol. The van der Waals surface area contributed by atoms with E-state index in [1.54, 1.807) is 4.90 Å². The first kappa shape index (κ1) is 15.2. The number of pyridine rings is 1. The van der Waals surface area contributed by atoms with Gasteiger partial charge in [0.2, 0.25) is 0 Å². The summed E-state index contributed by atoms with van der Waals surface area (Å²) in [5.41, 5.74) is 0.104. The molecule has 1 aromatic rings. The minimum Gasteiger partial charge on any atom is -0.370 e. The lowest BCUT2D eigenvalue weighted by Gasteiger charge is -2.22. The second kappa shape index (κ2) is 6.07. The molecule has 0 aliphatic carbocycles. The second-order valence-electron chi connectivity index (χ2n) is 5.52. The molecule has 1 saturated heterocycles. The molecule has 2 heterocycles. The highest BCUT2D eigenvalue weighted by Gasteiger charge is 2.32. The van der Waals surface area contributed by atoms with Crippen molar-refractivity contribution in [1.82, 2.24) is 9.88 Å². The fourth-order valence-electron chi connectivity index (χ4n) is 2.76. The lowest BCUT2D eigenvalue weighted by Crippen LogP contribution is -2.34. The van der Waals surface area contributed by atoms with E-state index in [1.165, 1.54) is 12.3 Å². The van der Waals surface area contributed by atoms with Gasteiger partial charge in [0, 0.05) is 25.2 Å². The van der Waals surface area contributed by atoms with Crippen molar-refractivity contribution in [2.75, 3.05) is 18.4 Å². The van der Waals surface area contributed by atoms with Gasteiger partial charge in [0.05, 0.1) is 10.5 Å². The summed E-state index contributed by atoms with van der Waals surface area (Å²) in [6, 6.07) is 1.45. The van der Waals surface area contributed by atoms with Gasteiger partial charge in [-0.25, -0.2) is 4.98 Å². The van der Waals surface area contributed by atoms with Gasteiger partial charge in [0.25, 0.3) is 11.6 Å². The van der Waals surface area contributed by atoms with Crippen molar-refractivity contribution < 1.29 is 9.72 Å². The summed E-state index contributed by atoms with van der Waals surface area (Å²) in [7, 11) is 0. The van der Waals surface area contributed by atoms with Gasteiger partial charge in [-0.15, -0.1) is 0 Å². The molecule has 7 heteroatoms. The SMILES string of the molecule is CCNc1ncc([N+](=O)[O-])cc1C(=O)N1CC(C)CC1C. The number of hydrogen-bond donors (Lipinski definition) is 1. The molecule has 1 aromatic heterocycles. The monoisotopic (exact) mass is 292 g/mol. The number of nitrogens with one attached hydrogen (secondary N) is 1. The summed E-state index contributed by atoms with van der Waals surface area (Å²) < 4.78 is 0. The Morgan fingerprint density at radius 2 is 2.29 bits per heavy atom. The van der Waals surface area contributed by atoms with Gasteiger partial charge in [-0.05, 0) is 26.2 Å². The maximum Gasteiger partial charge on any atom is 0.288 e. The van der Waals surface area contributed by atoms with Crippen molar-refractivity contribution in [3.8, 4) is 0 Å². The molecule has 0 bridgehead atoms. The van der Waals surface area contributed by atoms with Crippen LogP contribution >= 0.6 is 0 Å². The lowest BCUT2D eigenvalue weighted by atomic mass is 10.1. The average Bonchev–Trinajstić information content (AvgIpc) is 2.77. The highest BCUT2D eigenvalue weighted by atomic mass is 16.6. The van der Waals surface area contributed by atoms with E-state index < -0.39 is 4.92 Å². The Morgan fingerprint density at radius 1 is 1.57 bits per heavy atom. The Kier molecular flexibility index (Phi) is 4.40. The van der Waals surface area contributed by atoms with Crippen molar-refractivity contribution >= 4 is 17.4 Å². The number of aromatic nitrogens is 1. The summed E-state index contributed by atoms with van der Waals surface area (Å²) in [6.07, 6.45) is 2.12. The summed E-state index contributed by atoms with van der Waals surface area (Å²) >= 11 is 0. The molecule has 2 rings (SSSR count). The molecule has 2 atom stereocenters. The first-order valence-electron chi connectivity index (χ1n) is 7.13. The summed E-state index contributed by atoms with van der Waals surface area (Å²) in [4.78, 5) is 28.9. The third kappa shape index (κ3) is 3.12. The maximum atomic E-state index is 12.7. The number of hydrogen-bond acceptors (Lipinski definition) is 5. The largest absolute Gasteiger partial charge is 0.370 e. The number of nitrogens with zero attached hydrogens (tertiary/aromatic N) is 3. The predicted octanol–water partition coefficient (Wildman–Crippen LogP) is 2.29. The minimum absolute atomic E-state index is 0.140. The first-order chi connectivity index (χ1) is 9.93. The summed E-state index contributed by atoms with van der Waals surface area (Å²) in [6.45, 7) is 7.25. The van der Waals surface area contributed by atoms with Gasteiger partial charge < -0.3 is 10.2 Å². The van der Waals surface area contributed by atoms with Gasteiger partial charge in [-0.2, -0.15) is 0 Å². The van der Waals surface area contributed by atoms with Crippen LogP contribution in [0.1, 0.15) is 37.6 Å². The van der Waals surface area contributed by atoms with Gasteiger partial charge in [-0.3, -0.25) is 14.9 Å². The normalized spacial score (nSPS) is 21.4. The topological polar surface area (TPSA) is 88.4 Å². The summed E-state index contributed by atoms with van der Waals surface area (Å²) in [5.74, 6) is 0.650. The van der Waals surface area contributed by atoms with Gasteiger partial charge in [0.15, 0.2) is 0 Å². The highest BCUT2D eigenvalue weighted by Crippen LogP contribution is 2.27. The highest BCUT2D eigenvalue weighted by molar-refractivity contribution is 5.99. The number of carbonyl (C=O) groups is 1. The van der Waals surface area contributed by atoms with E-state index in [2.05, 4.69) is 17.2 Å². The molecule has 1 amide bonds. The molecule has 0 radical (unpaired) electrons. The van der Waals surface area contributed by atoms with Crippen LogP contribution in [0.5, 0.6) is 0 Å². The fourth-order valence-corrected chi connectivity index (χ4v) is 2.76. The number of likely N-dealkylation sites (tertiary alicyclic amines) is 1. The van der Waals surface area contributed by atoms with Crippen LogP contribution in [0.25, 0.3) is 0 Å². The Bertz CT molecular complexity index is 561. The Morgan fingerprint density at radius 3 is 2.81 bits per heavy atom. The van der Waals surface area contributed by atoms with E-state index >= 15 is 0 Å². The molecule has 0 aromatic carbocycles. The van der Waals surface area contributed by atoms with Crippen LogP contribution in [0.3, 0.4) is 0 Å². The zero-order valence-electron chi connectivity index (χ0n) is 12.5. The van der Waals surface area contributed by atoms with Crippen LogP contribution in [-0.4, -0.2) is 39.8 Å². The van der Waals surface area contributed by atoms with Crippen LogP contribution in [0.2, 0.25) is 0 Å². The zero-order chi connectivity index (χ0) is 15.6. The van der Waals surface area contributed by atoms with E-state index in [4.69, 9.17) is 0 Å². The van der Waals surface area contributed by atoms with Crippen molar-refractivity contribution in [2.45, 2.75) is 33.2 Å². The molecule has 1 aliphatic heterocycles. The van der Waals surface area contributed by atoms with Crippen molar-refractivity contribution in [2.24, 2.45) is 5.92 Å². The molecule has 7 nitrogen and oxygen atoms in total. The Hall–Kier alpha value is -2.18. The van der Waals surface area contributed by atoms with Crippen LogP contribution in [-0.2, 0) is 0 Å². The van der Waals surface area contributed by atoms with Gasteiger partial charge >= 0.3 is 0 Å². The standard InChI is InChI=1S/C14H20N4O3/c1-4-15-13-12(6-11(7-16-13)18(20)21)14(19)17-8-9(2)5-10(17)3/h6-7,9-10H,4-5,8H2,1-3H3,(H,15,16). The molecule has 2 unspecified atom stereocenters. The Balaban J connectivity index is 2.37. The van der Waals surface area contributed by atoms with Crippen molar-refractivity contribution in [3.05, 3.63) is 27.9 Å². The van der Waals surface area contributed by atoms with Gasteiger partial charge in [-0.1, -0.05) is 6.92 Å². The third-order valence-corrected chi connectivity index (χ3v) is 3.70. The van der Waals surface area contributed by atoms with Crippen LogP contribution in [0, 0.1) is 16.0 Å². The molecule has 1 aliphatic rings. The molecule has 1 N–H and O–H groups in total. The van der Waals surface area contributed by atoms with E-state index in [0.717, 1.165) is 6.42 Å². The predicted molar refractivity (Wildman–Crippen MR) is 79.3 cm³/mol. The molecule has 0 spiro atoms. The second-order valence-corrected chi connectivity index (χ2v) is 5.52. The molecule has 0 saturated carbocycles. The first-order valence-corrected chi connectivity index (χ1v) is 7.13. The number of nitro groups is 1. The smallest absolute Gasteiger partial charge is 0.288 e. The molecule has 1 fully saturated rings. The number of rotatable bonds is 4. The van der Waals surface area contributed by atoms with Gasteiger partial charge in [0.1, 0.15) is 12.0 Å². The van der Waals surface area contributed by atoms with Crippen molar-refractivity contribution in [3.63, 3.8) is 0 Å². The third-order valence-electron chi connectivity index (χ3n) is 3.70. The number of amides is 1. The molecular weight excluding hydrogens is 272 g/mol. The van der Waals surface area contributed by atoms with Crippen LogP contribution < -0.4 is 5.32 Å². The van der Waals surface area contributed by atoms with Crippen molar-refractivity contribution in [1.29, 1.82) is 0 Å². The molecule has 21 heavy (non-hydrogen) atoms. The molecular formula is C14H20N4O3. The zero-order valence-corrected chi connectivity index (χ0v) is 12.5. The quantitative estimate of drug-likeness (QED) is 0.679. The van der Waals surface area contributed by atoms with Crippen LogP contribution in [0.15, 0.2) is 12.3 Å². The van der Waals surface area contributed by atoms with Crippen LogP contribution in [0.4, 0.5) is 11.5 Å². The Labute approximate surface area is 123 Å². The summed E-state index contributed by atoms with van der Waals surface area (Å²) in [5, 5.41) is 13.9. The number of anilines is 1. The molecule has 114 valence electrons. The van der Waals surface area contributed by atoms with E-state index in [1.807, 2.05) is 13.8 Å². The maximum absolute atomic E-state index is 12.7. The van der Waals surface area contributed by atoms with E-state index in [0.29, 0.717) is 24.8 Å². The lowest BCUT2D eigenvalue weighted by molar-refractivity contribution is -0.385. The number of carbonyl (C=O) groups excluding carboxylic acids is 1. The fraction of sp³-hybridized carbons (Fsp3) is 0.571. The minimum atomic E-state index is -0.532. The van der Waals surface area contributed by atoms with E-state index in [-0.39, 0.29) is 23.2 Å². The van der Waals surface area contributed by atoms with E-state index in [9.17, 15) is 14.9 Å².